The molecule has 0 N–H and O–H groups in total. The van der Waals surface area contributed by atoms with E-state index in [1.807, 2.05) is 34.9 Å². The summed E-state index contributed by atoms with van der Waals surface area (Å²) in [6, 6.07) is 7.15. The molecule has 2 aromatic rings. The molecule has 2 heterocycles. The van der Waals surface area contributed by atoms with Crippen molar-refractivity contribution in [2.45, 2.75) is 38.4 Å². The van der Waals surface area contributed by atoms with Crippen molar-refractivity contribution in [3.05, 3.63) is 71.1 Å². The van der Waals surface area contributed by atoms with Gasteiger partial charge >= 0.3 is 0 Å². The van der Waals surface area contributed by atoms with Crippen LogP contribution < -0.4 is 0 Å². The van der Waals surface area contributed by atoms with E-state index in [-0.39, 0.29) is 0 Å². The van der Waals surface area contributed by atoms with Crippen LogP contribution in [0.4, 0.5) is 0 Å². The van der Waals surface area contributed by atoms with E-state index in [4.69, 9.17) is 0 Å². The van der Waals surface area contributed by atoms with Crippen LogP contribution in [0.5, 0.6) is 0 Å². The lowest BCUT2D eigenvalue weighted by atomic mass is 9.92. The average molecular weight is 349 g/mol. The second kappa shape index (κ2) is 6.72. The smallest absolute Gasteiger partial charge is 0.0572 e. The highest BCUT2D eigenvalue weighted by atomic mass is 32.2. The number of hydrogen-bond acceptors (Lipinski definition) is 2. The largest absolute Gasteiger partial charge is 0.245 e. The van der Waals surface area contributed by atoms with Gasteiger partial charge in [0.1, 0.15) is 0 Å². The van der Waals surface area contributed by atoms with Crippen LogP contribution >= 0.6 is 11.8 Å². The summed E-state index contributed by atoms with van der Waals surface area (Å²) in [5.41, 5.74) is 9.73. The number of thioether (sulfide) groups is 1. The number of hydrogen-bond donors (Lipinski definition) is 0. The van der Waals surface area contributed by atoms with Crippen molar-refractivity contribution in [2.24, 2.45) is 0 Å². The summed E-state index contributed by atoms with van der Waals surface area (Å²) in [6.07, 6.45) is 10.4. The molecule has 4 rings (SSSR count). The molecule has 1 aromatic heterocycles. The van der Waals surface area contributed by atoms with Crippen LogP contribution in [0.2, 0.25) is 0 Å². The minimum absolute atomic E-state index is 0.797. The zero-order chi connectivity index (χ0) is 17.4. The predicted molar refractivity (Wildman–Crippen MR) is 110 cm³/mol. The molecule has 2 aliphatic rings. The summed E-state index contributed by atoms with van der Waals surface area (Å²) in [5.74, 6) is 2.92. The molecule has 0 unspecified atom stereocenters. The lowest BCUT2D eigenvalue weighted by Gasteiger charge is -2.12. The molecule has 1 aliphatic carbocycles. The number of aromatic nitrogens is 2. The molecule has 25 heavy (non-hydrogen) atoms. The summed E-state index contributed by atoms with van der Waals surface area (Å²) in [4.78, 5) is 0. The Labute approximate surface area is 154 Å². The van der Waals surface area contributed by atoms with Crippen LogP contribution in [0.3, 0.4) is 0 Å². The number of fused-ring (bicyclic) bond motifs is 1. The van der Waals surface area contributed by atoms with Gasteiger partial charge < -0.3 is 0 Å². The summed E-state index contributed by atoms with van der Waals surface area (Å²) >= 11 is 2.00. The van der Waals surface area contributed by atoms with Crippen molar-refractivity contribution in [3.8, 4) is 0 Å². The predicted octanol–water partition coefficient (Wildman–Crippen LogP) is 5.90. The van der Waals surface area contributed by atoms with Crippen LogP contribution in [-0.4, -0.2) is 15.5 Å². The van der Waals surface area contributed by atoms with Crippen LogP contribution in [0, 0.1) is 6.92 Å². The molecule has 1 aliphatic heterocycles. The Morgan fingerprint density at radius 1 is 1.20 bits per heavy atom. The molecule has 0 amide bonds. The van der Waals surface area contributed by atoms with Crippen molar-refractivity contribution in [1.82, 2.24) is 9.78 Å². The van der Waals surface area contributed by atoms with E-state index >= 15 is 0 Å². The molecule has 0 spiro atoms. The highest BCUT2D eigenvalue weighted by molar-refractivity contribution is 7.98. The normalized spacial score (nSPS) is 17.7. The van der Waals surface area contributed by atoms with Gasteiger partial charge in [0, 0.05) is 29.0 Å². The lowest BCUT2D eigenvalue weighted by molar-refractivity contribution is 0.897. The fraction of sp³-hybridized carbons (Fsp3) is 0.318. The summed E-state index contributed by atoms with van der Waals surface area (Å²) < 4.78 is 1.94. The molecular formula is C22H24N2S. The molecule has 1 saturated carbocycles. The Kier molecular flexibility index (Phi) is 4.43. The third kappa shape index (κ3) is 3.13. The fourth-order valence-electron chi connectivity index (χ4n) is 3.57. The van der Waals surface area contributed by atoms with Crippen molar-refractivity contribution >= 4 is 29.1 Å². The minimum Gasteiger partial charge on any atom is -0.245 e. The molecule has 3 heteroatoms. The number of allylic oxidation sites excluding steroid dienone is 3. The molecule has 0 atom stereocenters. The van der Waals surface area contributed by atoms with Crippen LogP contribution in [-0.2, 0) is 5.75 Å². The Morgan fingerprint density at radius 3 is 2.80 bits per heavy atom. The molecule has 1 fully saturated rings. The van der Waals surface area contributed by atoms with Crippen molar-refractivity contribution in [3.63, 3.8) is 0 Å². The van der Waals surface area contributed by atoms with E-state index in [0.29, 0.717) is 0 Å². The summed E-state index contributed by atoms with van der Waals surface area (Å²) in [6.45, 7) is 8.17. The van der Waals surface area contributed by atoms with Gasteiger partial charge in [-0.25, -0.2) is 4.68 Å². The van der Waals surface area contributed by atoms with E-state index in [9.17, 15) is 0 Å². The Hall–Kier alpha value is -2.00. The molecule has 0 saturated heterocycles. The maximum atomic E-state index is 4.54. The first kappa shape index (κ1) is 16.5. The van der Waals surface area contributed by atoms with Gasteiger partial charge in [0.25, 0.3) is 0 Å². The maximum absolute atomic E-state index is 4.54. The Bertz CT molecular complexity index is 881. The van der Waals surface area contributed by atoms with E-state index in [1.165, 1.54) is 51.9 Å². The highest BCUT2D eigenvalue weighted by Gasteiger charge is 2.25. The van der Waals surface area contributed by atoms with Crippen molar-refractivity contribution in [2.75, 3.05) is 5.75 Å². The zero-order valence-corrected chi connectivity index (χ0v) is 15.8. The molecular weight excluding hydrogens is 324 g/mol. The van der Waals surface area contributed by atoms with Gasteiger partial charge in [-0.2, -0.15) is 16.9 Å². The maximum Gasteiger partial charge on any atom is 0.0572 e. The highest BCUT2D eigenvalue weighted by Crippen LogP contribution is 2.43. The topological polar surface area (TPSA) is 17.8 Å². The first-order valence-corrected chi connectivity index (χ1v) is 10.1. The second-order valence-electron chi connectivity index (χ2n) is 6.95. The van der Waals surface area contributed by atoms with Gasteiger partial charge in [0.15, 0.2) is 0 Å². The van der Waals surface area contributed by atoms with Gasteiger partial charge in [-0.1, -0.05) is 30.9 Å². The zero-order valence-electron chi connectivity index (χ0n) is 15.0. The van der Waals surface area contributed by atoms with E-state index < -0.39 is 0 Å². The molecule has 0 radical (unpaired) electrons. The van der Waals surface area contributed by atoms with Gasteiger partial charge in [0.05, 0.1) is 6.20 Å². The summed E-state index contributed by atoms with van der Waals surface area (Å²) in [5, 5.41) is 4.54. The van der Waals surface area contributed by atoms with Gasteiger partial charge in [-0.05, 0) is 66.5 Å². The lowest BCUT2D eigenvalue weighted by Crippen LogP contribution is -1.96. The number of nitrogens with zero attached hydrogens (tertiary/aromatic N) is 2. The number of rotatable bonds is 4. The number of benzene rings is 1. The Balaban J connectivity index is 1.80. The standard InChI is InChI=1S/C22H24N2S/c1-4-5-10-24-16(3)21(12-23-24)22-14-25-13-19-9-8-18(17-6-7-17)11-20(19)15(22)2/h4-5,8-12,17H,1,6-7,13-14H2,2-3H3/b10-5-. The molecule has 2 nitrogen and oxygen atoms in total. The first-order chi connectivity index (χ1) is 12.2. The van der Waals surface area contributed by atoms with Crippen LogP contribution in [0.25, 0.3) is 17.3 Å². The van der Waals surface area contributed by atoms with Crippen LogP contribution in [0.1, 0.15) is 53.6 Å². The van der Waals surface area contributed by atoms with E-state index in [0.717, 1.165) is 17.4 Å². The third-order valence-electron chi connectivity index (χ3n) is 5.28. The SMILES string of the molecule is C=C/C=C\n1ncc(C2=C(C)c3cc(C4CC4)ccc3CSC2)c1C. The van der Waals surface area contributed by atoms with Crippen molar-refractivity contribution in [1.29, 1.82) is 0 Å². The quantitative estimate of drug-likeness (QED) is 0.640. The monoisotopic (exact) mass is 348 g/mol. The molecule has 1 aromatic carbocycles. The molecule has 0 bridgehead atoms. The van der Waals surface area contributed by atoms with Gasteiger partial charge in [-0.3, -0.25) is 0 Å². The average Bonchev–Trinajstić information content (AvgIpc) is 3.42. The summed E-state index contributed by atoms with van der Waals surface area (Å²) in [7, 11) is 0. The Morgan fingerprint density at radius 2 is 2.04 bits per heavy atom. The van der Waals surface area contributed by atoms with E-state index in [1.54, 1.807) is 6.08 Å². The van der Waals surface area contributed by atoms with Crippen molar-refractivity contribution < 1.29 is 0 Å². The third-order valence-corrected chi connectivity index (χ3v) is 6.28. The first-order valence-electron chi connectivity index (χ1n) is 8.93. The second-order valence-corrected chi connectivity index (χ2v) is 7.94. The van der Waals surface area contributed by atoms with E-state index in [2.05, 4.69) is 43.7 Å². The van der Waals surface area contributed by atoms with Gasteiger partial charge in [-0.15, -0.1) is 0 Å². The molecule has 128 valence electrons. The van der Waals surface area contributed by atoms with Crippen LogP contribution in [0.15, 0.2) is 43.1 Å². The fourth-order valence-corrected chi connectivity index (χ4v) is 4.72. The minimum atomic E-state index is 0.797. The van der Waals surface area contributed by atoms with Gasteiger partial charge in [0.2, 0.25) is 0 Å².